The first-order valence-electron chi connectivity index (χ1n) is 6.50. The predicted molar refractivity (Wildman–Crippen MR) is 74.0 cm³/mol. The molecule has 0 aromatic heterocycles. The first-order valence-corrected chi connectivity index (χ1v) is 8.21. The molecule has 0 bridgehead atoms. The Labute approximate surface area is 109 Å². The van der Waals surface area contributed by atoms with Crippen molar-refractivity contribution < 1.29 is 8.42 Å². The van der Waals surface area contributed by atoms with Gasteiger partial charge in [0, 0.05) is 6.04 Å². The first-order chi connectivity index (χ1) is 8.47. The lowest BCUT2D eigenvalue weighted by molar-refractivity contribution is 0.433. The third-order valence-electron chi connectivity index (χ3n) is 3.68. The first kappa shape index (κ1) is 13.6. The molecule has 2 N–H and O–H groups in total. The molecule has 1 aromatic carbocycles. The summed E-state index contributed by atoms with van der Waals surface area (Å²) in [6.45, 7) is 1.98. The summed E-state index contributed by atoms with van der Waals surface area (Å²) in [6, 6.07) is 7.92. The van der Waals surface area contributed by atoms with Crippen LogP contribution in [-0.2, 0) is 15.6 Å². The van der Waals surface area contributed by atoms with Crippen molar-refractivity contribution in [2.24, 2.45) is 5.73 Å². The van der Waals surface area contributed by atoms with Crippen molar-refractivity contribution in [1.82, 2.24) is 0 Å². The summed E-state index contributed by atoms with van der Waals surface area (Å²) in [5.74, 6) is 0.161. The molecule has 1 aliphatic carbocycles. The minimum absolute atomic E-state index is 0.161. The van der Waals surface area contributed by atoms with Gasteiger partial charge in [0.15, 0.2) is 9.84 Å². The summed E-state index contributed by atoms with van der Waals surface area (Å²) in [7, 11) is -3.03. The van der Waals surface area contributed by atoms with Crippen LogP contribution < -0.4 is 5.73 Å². The summed E-state index contributed by atoms with van der Waals surface area (Å²) in [5.41, 5.74) is 7.82. The molecule has 0 unspecified atom stereocenters. The Morgan fingerprint density at radius 3 is 2.50 bits per heavy atom. The smallest absolute Gasteiger partial charge is 0.157 e. The van der Waals surface area contributed by atoms with Gasteiger partial charge in [0.25, 0.3) is 0 Å². The maximum absolute atomic E-state index is 12.3. The van der Waals surface area contributed by atoms with Crippen LogP contribution in [0.25, 0.3) is 0 Å². The Kier molecular flexibility index (Phi) is 4.07. The standard InChI is InChI=1S/C14H21NO2S/c1-11-3-2-4-12(9-11)10-18(16,17)14-7-5-13(15)6-8-14/h2-4,9,13-14H,5-8,10,15H2,1H3. The third-order valence-corrected chi connectivity index (χ3v) is 5.90. The molecular formula is C14H21NO2S. The molecule has 3 nitrogen and oxygen atoms in total. The quantitative estimate of drug-likeness (QED) is 0.913. The number of hydrogen-bond acceptors (Lipinski definition) is 3. The fourth-order valence-corrected chi connectivity index (χ4v) is 4.47. The monoisotopic (exact) mass is 267 g/mol. The molecule has 0 amide bonds. The van der Waals surface area contributed by atoms with E-state index in [2.05, 4.69) is 0 Å². The molecule has 2 rings (SSSR count). The second kappa shape index (κ2) is 5.41. The number of aryl methyl sites for hydroxylation is 1. The van der Waals surface area contributed by atoms with E-state index in [0.717, 1.165) is 36.8 Å². The maximum atomic E-state index is 12.3. The minimum Gasteiger partial charge on any atom is -0.328 e. The van der Waals surface area contributed by atoms with Gasteiger partial charge in [-0.1, -0.05) is 29.8 Å². The van der Waals surface area contributed by atoms with Crippen LogP contribution in [0.15, 0.2) is 24.3 Å². The topological polar surface area (TPSA) is 60.2 Å². The van der Waals surface area contributed by atoms with Crippen LogP contribution in [0.3, 0.4) is 0 Å². The zero-order chi connectivity index (χ0) is 13.2. The maximum Gasteiger partial charge on any atom is 0.157 e. The van der Waals surface area contributed by atoms with Gasteiger partial charge < -0.3 is 5.73 Å². The molecule has 18 heavy (non-hydrogen) atoms. The summed E-state index contributed by atoms with van der Waals surface area (Å²) < 4.78 is 24.7. The van der Waals surface area contributed by atoms with Crippen molar-refractivity contribution >= 4 is 9.84 Å². The largest absolute Gasteiger partial charge is 0.328 e. The number of sulfone groups is 1. The lowest BCUT2D eigenvalue weighted by Gasteiger charge is -2.25. The molecule has 100 valence electrons. The molecule has 1 aromatic rings. The number of rotatable bonds is 3. The highest BCUT2D eigenvalue weighted by molar-refractivity contribution is 7.91. The van der Waals surface area contributed by atoms with Crippen LogP contribution in [0.1, 0.15) is 36.8 Å². The molecule has 0 radical (unpaired) electrons. The van der Waals surface area contributed by atoms with Gasteiger partial charge in [0.05, 0.1) is 11.0 Å². The van der Waals surface area contributed by atoms with Gasteiger partial charge in [0.2, 0.25) is 0 Å². The van der Waals surface area contributed by atoms with Crippen LogP contribution in [0.2, 0.25) is 0 Å². The minimum atomic E-state index is -3.03. The van der Waals surface area contributed by atoms with Crippen LogP contribution in [0.5, 0.6) is 0 Å². The van der Waals surface area contributed by atoms with Gasteiger partial charge in [-0.15, -0.1) is 0 Å². The van der Waals surface area contributed by atoms with E-state index in [-0.39, 0.29) is 17.0 Å². The Morgan fingerprint density at radius 2 is 1.89 bits per heavy atom. The van der Waals surface area contributed by atoms with E-state index in [4.69, 9.17) is 5.73 Å². The molecule has 0 atom stereocenters. The van der Waals surface area contributed by atoms with E-state index >= 15 is 0 Å². The van der Waals surface area contributed by atoms with Crippen molar-refractivity contribution in [1.29, 1.82) is 0 Å². The highest BCUT2D eigenvalue weighted by Crippen LogP contribution is 2.25. The van der Waals surface area contributed by atoms with Gasteiger partial charge in [-0.25, -0.2) is 8.42 Å². The molecule has 1 fully saturated rings. The third kappa shape index (κ3) is 3.33. The van der Waals surface area contributed by atoms with Crippen molar-refractivity contribution in [3.05, 3.63) is 35.4 Å². The molecule has 4 heteroatoms. The Morgan fingerprint density at radius 1 is 1.22 bits per heavy atom. The zero-order valence-corrected chi connectivity index (χ0v) is 11.6. The molecule has 0 spiro atoms. The average molecular weight is 267 g/mol. The summed E-state index contributed by atoms with van der Waals surface area (Å²) in [4.78, 5) is 0. The predicted octanol–water partition coefficient (Wildman–Crippen LogP) is 2.18. The molecule has 0 heterocycles. The van der Waals surface area contributed by atoms with Gasteiger partial charge in [-0.3, -0.25) is 0 Å². The number of hydrogen-bond donors (Lipinski definition) is 1. The van der Waals surface area contributed by atoms with Crippen molar-refractivity contribution in [3.63, 3.8) is 0 Å². The highest BCUT2D eigenvalue weighted by Gasteiger charge is 2.29. The van der Waals surface area contributed by atoms with Gasteiger partial charge in [0.1, 0.15) is 0 Å². The SMILES string of the molecule is Cc1cccc(CS(=O)(=O)C2CCC(N)CC2)c1. The lowest BCUT2D eigenvalue weighted by Crippen LogP contribution is -2.33. The Bertz CT molecular complexity index is 502. The zero-order valence-electron chi connectivity index (χ0n) is 10.8. The number of benzene rings is 1. The van der Waals surface area contributed by atoms with Gasteiger partial charge in [-0.05, 0) is 38.2 Å². The average Bonchev–Trinajstić information content (AvgIpc) is 2.29. The summed E-state index contributed by atoms with van der Waals surface area (Å²) >= 11 is 0. The van der Waals surface area contributed by atoms with E-state index in [0.29, 0.717) is 0 Å². The Hall–Kier alpha value is -0.870. The van der Waals surface area contributed by atoms with Crippen LogP contribution >= 0.6 is 0 Å². The van der Waals surface area contributed by atoms with E-state index in [1.165, 1.54) is 0 Å². The molecule has 1 saturated carbocycles. The van der Waals surface area contributed by atoms with Crippen molar-refractivity contribution in [2.75, 3.05) is 0 Å². The second-order valence-electron chi connectivity index (χ2n) is 5.33. The van der Waals surface area contributed by atoms with Gasteiger partial charge in [-0.2, -0.15) is 0 Å². The molecule has 0 aliphatic heterocycles. The van der Waals surface area contributed by atoms with Crippen LogP contribution in [0.4, 0.5) is 0 Å². The fraction of sp³-hybridized carbons (Fsp3) is 0.571. The van der Waals surface area contributed by atoms with E-state index in [1.54, 1.807) is 0 Å². The van der Waals surface area contributed by atoms with Gasteiger partial charge >= 0.3 is 0 Å². The molecule has 0 saturated heterocycles. The van der Waals surface area contributed by atoms with Crippen molar-refractivity contribution in [2.45, 2.75) is 49.7 Å². The summed E-state index contributed by atoms with van der Waals surface area (Å²) in [6.07, 6.45) is 3.10. The summed E-state index contributed by atoms with van der Waals surface area (Å²) in [5, 5.41) is -0.196. The van der Waals surface area contributed by atoms with E-state index < -0.39 is 9.84 Å². The molecule has 1 aliphatic rings. The van der Waals surface area contributed by atoms with Crippen LogP contribution in [-0.4, -0.2) is 19.7 Å². The highest BCUT2D eigenvalue weighted by atomic mass is 32.2. The molecular weight excluding hydrogens is 246 g/mol. The second-order valence-corrected chi connectivity index (χ2v) is 7.61. The fourth-order valence-electron chi connectivity index (χ4n) is 2.60. The van der Waals surface area contributed by atoms with Crippen molar-refractivity contribution in [3.8, 4) is 0 Å². The van der Waals surface area contributed by atoms with E-state index in [1.807, 2.05) is 31.2 Å². The normalized spacial score (nSPS) is 25.0. The number of nitrogens with two attached hydrogens (primary N) is 1. The van der Waals surface area contributed by atoms with E-state index in [9.17, 15) is 8.42 Å². The lowest BCUT2D eigenvalue weighted by atomic mass is 9.96. The Balaban J connectivity index is 2.08. The van der Waals surface area contributed by atoms with Crippen LogP contribution in [0, 0.1) is 6.92 Å².